The van der Waals surface area contributed by atoms with Crippen molar-refractivity contribution >= 4 is 17.5 Å². The van der Waals surface area contributed by atoms with Gasteiger partial charge in [0.15, 0.2) is 0 Å². The van der Waals surface area contributed by atoms with E-state index in [-0.39, 0.29) is 52.1 Å². The van der Waals surface area contributed by atoms with Crippen molar-refractivity contribution < 1.29 is 29.7 Å². The van der Waals surface area contributed by atoms with Crippen LogP contribution < -0.4 is 0 Å². The van der Waals surface area contributed by atoms with Gasteiger partial charge in [-0.2, -0.15) is 0 Å². The molecule has 3 N–H and O–H groups in total. The average molecular weight is 505 g/mol. The summed E-state index contributed by atoms with van der Waals surface area (Å²) in [6.45, 7) is 14.1. The second kappa shape index (κ2) is 9.98. The van der Waals surface area contributed by atoms with Crippen LogP contribution in [0.4, 0.5) is 0 Å². The van der Waals surface area contributed by atoms with Crippen molar-refractivity contribution in [3.63, 3.8) is 0 Å². The van der Waals surface area contributed by atoms with Gasteiger partial charge in [0.2, 0.25) is 0 Å². The van der Waals surface area contributed by atoms with Crippen LogP contribution in [0.2, 0.25) is 0 Å². The number of rotatable bonds is 8. The number of allylic oxidation sites excluding steroid dienone is 1. The topological polar surface area (TPSA) is 112 Å². The Kier molecular flexibility index (Phi) is 8.05. The Morgan fingerprint density at radius 1 is 1.06 bits per heavy atom. The van der Waals surface area contributed by atoms with E-state index in [2.05, 4.69) is 27.7 Å². The van der Waals surface area contributed by atoms with Gasteiger partial charge >= 0.3 is 5.97 Å². The van der Waals surface area contributed by atoms with E-state index >= 15 is 0 Å². The number of hydrogen-bond donors (Lipinski definition) is 3. The number of aliphatic hydroxyl groups excluding tert-OH is 2. The molecule has 3 aliphatic carbocycles. The molecule has 0 aromatic heterocycles. The lowest BCUT2D eigenvalue weighted by atomic mass is 9.35. The van der Waals surface area contributed by atoms with Crippen LogP contribution in [0.5, 0.6) is 0 Å². The van der Waals surface area contributed by atoms with Gasteiger partial charge in [0.05, 0.1) is 12.2 Å². The predicted molar refractivity (Wildman–Crippen MR) is 139 cm³/mol. The average Bonchev–Trinajstić information content (AvgIpc) is 2.80. The summed E-state index contributed by atoms with van der Waals surface area (Å²) in [4.78, 5) is 37.6. The molecule has 0 heterocycles. The van der Waals surface area contributed by atoms with E-state index in [9.17, 15) is 24.6 Å². The van der Waals surface area contributed by atoms with Crippen molar-refractivity contribution in [1.29, 1.82) is 0 Å². The molecular formula is C30H48O6. The fraction of sp³-hybridized carbons (Fsp3) is 0.833. The molecule has 3 saturated carbocycles. The number of hydrogen-bond acceptors (Lipinski definition) is 5. The highest BCUT2D eigenvalue weighted by molar-refractivity contribution is 5.88. The lowest BCUT2D eigenvalue weighted by Crippen LogP contribution is -2.69. The molecule has 0 bridgehead atoms. The molecule has 6 nitrogen and oxygen atoms in total. The van der Waals surface area contributed by atoms with E-state index in [1.54, 1.807) is 13.0 Å². The van der Waals surface area contributed by atoms with Crippen LogP contribution in [0.3, 0.4) is 0 Å². The fourth-order valence-corrected chi connectivity index (χ4v) is 8.51. The van der Waals surface area contributed by atoms with E-state index in [0.717, 1.165) is 19.3 Å². The lowest BCUT2D eigenvalue weighted by Gasteiger charge is -2.69. The van der Waals surface area contributed by atoms with E-state index < -0.39 is 29.0 Å². The minimum atomic E-state index is -0.946. The number of carboxylic acid groups (broad SMARTS) is 1. The first-order valence-corrected chi connectivity index (χ1v) is 13.9. The monoisotopic (exact) mass is 504 g/mol. The zero-order valence-corrected chi connectivity index (χ0v) is 23.4. The Morgan fingerprint density at radius 3 is 2.31 bits per heavy atom. The number of ketones is 2. The van der Waals surface area contributed by atoms with Crippen molar-refractivity contribution in [3.05, 3.63) is 11.6 Å². The van der Waals surface area contributed by atoms with Crippen LogP contribution in [-0.2, 0) is 14.4 Å². The first kappa shape index (κ1) is 29.0. The van der Waals surface area contributed by atoms with Crippen LogP contribution in [0.15, 0.2) is 11.6 Å². The van der Waals surface area contributed by atoms with Gasteiger partial charge in [-0.1, -0.05) is 47.6 Å². The Balaban J connectivity index is 1.81. The van der Waals surface area contributed by atoms with E-state index in [1.807, 2.05) is 13.8 Å². The molecule has 0 aromatic carbocycles. The van der Waals surface area contributed by atoms with Crippen molar-refractivity contribution in [2.24, 2.45) is 39.4 Å². The van der Waals surface area contributed by atoms with Crippen molar-refractivity contribution in [3.8, 4) is 0 Å². The summed E-state index contributed by atoms with van der Waals surface area (Å²) in [7, 11) is 0. The Bertz CT molecular complexity index is 920. The van der Waals surface area contributed by atoms with E-state index in [4.69, 9.17) is 5.11 Å². The number of fused-ring (bicyclic) bond motifs is 3. The summed E-state index contributed by atoms with van der Waals surface area (Å²) < 4.78 is 0. The zero-order valence-electron chi connectivity index (χ0n) is 23.4. The summed E-state index contributed by atoms with van der Waals surface area (Å²) in [5, 5.41) is 31.5. The molecule has 0 aromatic rings. The number of Topliss-reactive ketones (excluding diaryl/α,β-unsaturated/α-hetero) is 2. The maximum atomic E-state index is 13.5. The minimum Gasteiger partial charge on any atom is -0.478 e. The predicted octanol–water partition coefficient (Wildman–Crippen LogP) is 5.34. The number of carbonyl (C=O) groups is 3. The summed E-state index contributed by atoms with van der Waals surface area (Å²) in [5.41, 5.74) is -1.52. The van der Waals surface area contributed by atoms with Crippen LogP contribution >= 0.6 is 0 Å². The number of carboxylic acids is 1. The van der Waals surface area contributed by atoms with Gasteiger partial charge < -0.3 is 15.3 Å². The summed E-state index contributed by atoms with van der Waals surface area (Å²) >= 11 is 0. The van der Waals surface area contributed by atoms with Crippen LogP contribution in [0.25, 0.3) is 0 Å². The molecule has 8 atom stereocenters. The van der Waals surface area contributed by atoms with Crippen LogP contribution in [-0.4, -0.2) is 45.1 Å². The second-order valence-electron chi connectivity index (χ2n) is 13.5. The lowest BCUT2D eigenvalue weighted by molar-refractivity contribution is -0.247. The fourth-order valence-electron chi connectivity index (χ4n) is 8.51. The quantitative estimate of drug-likeness (QED) is 0.385. The second-order valence-corrected chi connectivity index (χ2v) is 13.5. The largest absolute Gasteiger partial charge is 0.478 e. The minimum absolute atomic E-state index is 0.0791. The van der Waals surface area contributed by atoms with Crippen molar-refractivity contribution in [2.45, 2.75) is 118 Å². The summed E-state index contributed by atoms with van der Waals surface area (Å²) in [6.07, 6.45) is 5.82. The third kappa shape index (κ3) is 4.51. The highest BCUT2D eigenvalue weighted by atomic mass is 16.4. The highest BCUT2D eigenvalue weighted by Gasteiger charge is 2.69. The molecule has 0 spiro atoms. The highest BCUT2D eigenvalue weighted by Crippen LogP contribution is 2.71. The normalized spacial score (nSPS) is 41.2. The molecule has 6 heteroatoms. The molecule has 0 saturated heterocycles. The maximum Gasteiger partial charge on any atom is 0.330 e. The summed E-state index contributed by atoms with van der Waals surface area (Å²) in [5.74, 6) is -0.607. The van der Waals surface area contributed by atoms with Gasteiger partial charge in [0, 0.05) is 35.2 Å². The maximum absolute atomic E-state index is 13.5. The molecule has 36 heavy (non-hydrogen) atoms. The van der Waals surface area contributed by atoms with Gasteiger partial charge in [0.25, 0.3) is 0 Å². The van der Waals surface area contributed by atoms with Crippen molar-refractivity contribution in [2.75, 3.05) is 0 Å². The molecular weight excluding hydrogens is 456 g/mol. The third-order valence-corrected chi connectivity index (χ3v) is 11.5. The molecule has 3 fully saturated rings. The molecule has 0 amide bonds. The van der Waals surface area contributed by atoms with Gasteiger partial charge in [-0.25, -0.2) is 4.79 Å². The van der Waals surface area contributed by atoms with Gasteiger partial charge in [-0.3, -0.25) is 9.59 Å². The standard InChI is InChI=1S/C30H48O6/c1-18(9-8-10-19(2)26(35)36)20(31)13-16-29(6)24(33)12-11-21-28(5)15-14-23(32)27(3,4)22(28)17-25(34)30(21,29)7/h10,18,21-23,25,32,34H,8-9,11-17H2,1-7H3,(H,35,36)/b19-10+/t18-,21-,22+,23-,25-,28-,29-,30+/m1/s1. The Hall–Kier alpha value is -1.53. The number of aliphatic hydroxyl groups is 2. The molecule has 204 valence electrons. The molecule has 3 aliphatic rings. The van der Waals surface area contributed by atoms with Gasteiger partial charge in [-0.05, 0) is 74.5 Å². The zero-order chi connectivity index (χ0) is 27.3. The van der Waals surface area contributed by atoms with Crippen LogP contribution in [0.1, 0.15) is 106 Å². The SMILES string of the molecule is C/C(=C\CC[C@@H](C)C(=O)CC[C@]1(C)C(=O)CC[C@@H]2[C@@]3(C)CC[C@@H](O)C(C)(C)[C@@H]3C[C@@H](O)[C@]21C)C(=O)O. The molecule has 0 unspecified atom stereocenters. The van der Waals surface area contributed by atoms with Crippen LogP contribution in [0, 0.1) is 39.4 Å². The van der Waals surface area contributed by atoms with Gasteiger partial charge in [-0.15, -0.1) is 0 Å². The molecule has 0 radical (unpaired) electrons. The number of aliphatic carboxylic acids is 1. The Labute approximate surface area is 216 Å². The van der Waals surface area contributed by atoms with Crippen molar-refractivity contribution in [1.82, 2.24) is 0 Å². The molecule has 0 aliphatic heterocycles. The molecule has 3 rings (SSSR count). The van der Waals surface area contributed by atoms with E-state index in [0.29, 0.717) is 32.1 Å². The smallest absolute Gasteiger partial charge is 0.330 e. The summed E-state index contributed by atoms with van der Waals surface area (Å²) in [6, 6.07) is 0. The first-order chi connectivity index (χ1) is 16.5. The van der Waals surface area contributed by atoms with Gasteiger partial charge in [0.1, 0.15) is 11.6 Å². The van der Waals surface area contributed by atoms with E-state index in [1.165, 1.54) is 0 Å². The first-order valence-electron chi connectivity index (χ1n) is 13.9. The number of carbonyl (C=O) groups excluding carboxylic acids is 2. The Morgan fingerprint density at radius 2 is 1.69 bits per heavy atom. The third-order valence-electron chi connectivity index (χ3n) is 11.5.